The number of hydrogen-bond acceptors (Lipinski definition) is 4. The van der Waals surface area contributed by atoms with Crippen LogP contribution < -0.4 is 5.43 Å². The molecule has 1 unspecified atom stereocenters. The van der Waals surface area contributed by atoms with Crippen molar-refractivity contribution >= 4 is 12.1 Å². The molecule has 2 aliphatic rings. The largest absolute Gasteiger partial charge is 0.318 e. The van der Waals surface area contributed by atoms with Gasteiger partial charge in [0, 0.05) is 31.9 Å². The van der Waals surface area contributed by atoms with Gasteiger partial charge >= 0.3 is 0 Å². The van der Waals surface area contributed by atoms with Gasteiger partial charge in [0.25, 0.3) is 0 Å². The van der Waals surface area contributed by atoms with Crippen LogP contribution in [0.15, 0.2) is 58.2 Å². The summed E-state index contributed by atoms with van der Waals surface area (Å²) in [5.41, 5.74) is 5.69. The van der Waals surface area contributed by atoms with Gasteiger partial charge in [0.15, 0.2) is 0 Å². The predicted molar refractivity (Wildman–Crippen MR) is 97.2 cm³/mol. The van der Waals surface area contributed by atoms with E-state index in [1.165, 1.54) is 5.57 Å². The van der Waals surface area contributed by atoms with Gasteiger partial charge in [-0.1, -0.05) is 51.2 Å². The second-order valence-electron chi connectivity index (χ2n) is 4.96. The highest BCUT2D eigenvalue weighted by molar-refractivity contribution is 6.00. The zero-order valence-electron chi connectivity index (χ0n) is 14.2. The van der Waals surface area contributed by atoms with Crippen molar-refractivity contribution in [2.45, 2.75) is 27.2 Å². The summed E-state index contributed by atoms with van der Waals surface area (Å²) in [5, 5.41) is 1.98. The SMILES string of the molecule is C=C(/C=C\C=C\C1=NCC(C2=CN(C)NC2)C=N1)CC.CC. The number of hydrogen-bond donors (Lipinski definition) is 1. The number of rotatable bonds is 5. The summed E-state index contributed by atoms with van der Waals surface area (Å²) in [5.74, 6) is 1.10. The van der Waals surface area contributed by atoms with Crippen LogP contribution in [0, 0.1) is 5.92 Å². The van der Waals surface area contributed by atoms with Crippen LogP contribution in [0.5, 0.6) is 0 Å². The minimum absolute atomic E-state index is 0.319. The average Bonchev–Trinajstić information content (AvgIpc) is 3.00. The van der Waals surface area contributed by atoms with Gasteiger partial charge < -0.3 is 5.01 Å². The first-order valence-corrected chi connectivity index (χ1v) is 7.97. The Morgan fingerprint density at radius 2 is 2.23 bits per heavy atom. The molecule has 1 N–H and O–H groups in total. The Morgan fingerprint density at radius 1 is 1.45 bits per heavy atom. The van der Waals surface area contributed by atoms with Crippen LogP contribution in [0.2, 0.25) is 0 Å². The molecule has 0 radical (unpaired) electrons. The second-order valence-corrected chi connectivity index (χ2v) is 4.96. The fourth-order valence-corrected chi connectivity index (χ4v) is 1.99. The molecular formula is C18H28N4. The molecule has 2 rings (SSSR count). The van der Waals surface area contributed by atoms with E-state index in [2.05, 4.69) is 35.1 Å². The van der Waals surface area contributed by atoms with Crippen LogP contribution >= 0.6 is 0 Å². The minimum atomic E-state index is 0.319. The molecular weight excluding hydrogens is 272 g/mol. The summed E-state index contributed by atoms with van der Waals surface area (Å²) in [4.78, 5) is 8.92. The lowest BCUT2D eigenvalue weighted by atomic mass is 10.0. The van der Waals surface area contributed by atoms with Gasteiger partial charge in [0.05, 0.1) is 6.54 Å². The van der Waals surface area contributed by atoms with E-state index in [0.29, 0.717) is 5.92 Å². The average molecular weight is 300 g/mol. The Hall–Kier alpha value is -1.94. The highest BCUT2D eigenvalue weighted by Gasteiger charge is 2.19. The van der Waals surface area contributed by atoms with Gasteiger partial charge in [-0.2, -0.15) is 0 Å². The van der Waals surface area contributed by atoms with Gasteiger partial charge in [0.2, 0.25) is 0 Å². The summed E-state index contributed by atoms with van der Waals surface area (Å²) in [6.07, 6.45) is 13.0. The van der Waals surface area contributed by atoms with Crippen LogP contribution in [-0.2, 0) is 0 Å². The number of nitrogens with zero attached hydrogens (tertiary/aromatic N) is 3. The van der Waals surface area contributed by atoms with Crippen molar-refractivity contribution in [1.29, 1.82) is 0 Å². The van der Waals surface area contributed by atoms with Gasteiger partial charge in [-0.3, -0.25) is 4.99 Å². The third-order valence-corrected chi connectivity index (χ3v) is 3.35. The lowest BCUT2D eigenvalue weighted by Gasteiger charge is -2.13. The van der Waals surface area contributed by atoms with E-state index in [4.69, 9.17) is 0 Å². The van der Waals surface area contributed by atoms with E-state index in [-0.39, 0.29) is 0 Å². The summed E-state index contributed by atoms with van der Waals surface area (Å²) in [6.45, 7) is 11.7. The van der Waals surface area contributed by atoms with Crippen LogP contribution in [0.1, 0.15) is 27.2 Å². The van der Waals surface area contributed by atoms with Crippen molar-refractivity contribution in [2.24, 2.45) is 15.9 Å². The third-order valence-electron chi connectivity index (χ3n) is 3.35. The number of allylic oxidation sites excluding steroid dienone is 4. The highest BCUT2D eigenvalue weighted by atomic mass is 15.5. The molecule has 4 nitrogen and oxygen atoms in total. The predicted octanol–water partition coefficient (Wildman–Crippen LogP) is 3.52. The Bertz CT molecular complexity index is 509. The molecule has 2 aliphatic heterocycles. The maximum atomic E-state index is 4.51. The lowest BCUT2D eigenvalue weighted by Crippen LogP contribution is -2.25. The Kier molecular flexibility index (Phi) is 8.15. The lowest BCUT2D eigenvalue weighted by molar-refractivity contribution is 0.373. The molecule has 0 fully saturated rings. The maximum Gasteiger partial charge on any atom is 0.146 e. The molecule has 1 atom stereocenters. The molecule has 2 heterocycles. The minimum Gasteiger partial charge on any atom is -0.318 e. The number of nitrogens with one attached hydrogen (secondary N) is 1. The van der Waals surface area contributed by atoms with E-state index in [1.54, 1.807) is 0 Å². The molecule has 0 bridgehead atoms. The molecule has 0 aromatic heterocycles. The fourth-order valence-electron chi connectivity index (χ4n) is 1.99. The molecule has 0 aliphatic carbocycles. The van der Waals surface area contributed by atoms with Crippen LogP contribution in [-0.4, -0.2) is 37.2 Å². The van der Waals surface area contributed by atoms with E-state index < -0.39 is 0 Å². The second kappa shape index (κ2) is 9.90. The van der Waals surface area contributed by atoms with Crippen molar-refractivity contribution in [3.8, 4) is 0 Å². The first-order chi connectivity index (χ1) is 10.7. The molecule has 0 aromatic carbocycles. The first kappa shape index (κ1) is 18.1. The van der Waals surface area contributed by atoms with E-state index >= 15 is 0 Å². The maximum absolute atomic E-state index is 4.51. The molecule has 22 heavy (non-hydrogen) atoms. The number of amidine groups is 1. The summed E-state index contributed by atoms with van der Waals surface area (Å²) in [7, 11) is 2.00. The van der Waals surface area contributed by atoms with E-state index in [0.717, 1.165) is 30.9 Å². The zero-order chi connectivity index (χ0) is 16.4. The van der Waals surface area contributed by atoms with Gasteiger partial charge in [-0.25, -0.2) is 10.4 Å². The van der Waals surface area contributed by atoms with Crippen LogP contribution in [0.3, 0.4) is 0 Å². The molecule has 4 heteroatoms. The van der Waals surface area contributed by atoms with Gasteiger partial charge in [-0.15, -0.1) is 0 Å². The van der Waals surface area contributed by atoms with Crippen molar-refractivity contribution in [1.82, 2.24) is 10.4 Å². The molecule has 0 spiro atoms. The fraction of sp³-hybridized carbons (Fsp3) is 0.444. The summed E-state index contributed by atoms with van der Waals surface area (Å²) in [6, 6.07) is 0. The molecule has 0 saturated heterocycles. The normalized spacial score (nSPS) is 20.9. The number of aliphatic imine (C=N–C) groups is 2. The first-order valence-electron chi connectivity index (χ1n) is 7.97. The highest BCUT2D eigenvalue weighted by Crippen LogP contribution is 2.16. The Balaban J connectivity index is 0.00000116. The Labute approximate surface area is 134 Å². The third kappa shape index (κ3) is 5.82. The van der Waals surface area contributed by atoms with Crippen LogP contribution in [0.4, 0.5) is 0 Å². The van der Waals surface area contributed by atoms with E-state index in [9.17, 15) is 0 Å². The molecule has 0 aromatic rings. The van der Waals surface area contributed by atoms with Crippen LogP contribution in [0.25, 0.3) is 0 Å². The molecule has 0 saturated carbocycles. The van der Waals surface area contributed by atoms with Crippen molar-refractivity contribution in [3.05, 3.63) is 48.2 Å². The summed E-state index contributed by atoms with van der Waals surface area (Å²) >= 11 is 0. The molecule has 0 amide bonds. The smallest absolute Gasteiger partial charge is 0.146 e. The Morgan fingerprint density at radius 3 is 2.77 bits per heavy atom. The molecule has 120 valence electrons. The topological polar surface area (TPSA) is 40.0 Å². The van der Waals surface area contributed by atoms with Gasteiger partial charge in [-0.05, 0) is 18.1 Å². The summed E-state index contributed by atoms with van der Waals surface area (Å²) < 4.78 is 0. The zero-order valence-corrected chi connectivity index (χ0v) is 14.2. The van der Waals surface area contributed by atoms with E-state index in [1.807, 2.05) is 56.4 Å². The number of hydrazine groups is 1. The standard InChI is InChI=1S/C16H22N4.C2H6/c1-4-13(2)7-5-6-8-16-17-9-14(10-18-16)15-11-19-20(3)12-15;1-2/h5-9,12,14,19H,2,4,10-11H2,1,3H3;1-2H3/b7-5-,8-6+;. The van der Waals surface area contributed by atoms with Crippen molar-refractivity contribution in [2.75, 3.05) is 20.1 Å². The van der Waals surface area contributed by atoms with Gasteiger partial charge in [0.1, 0.15) is 5.84 Å². The van der Waals surface area contributed by atoms with Crippen molar-refractivity contribution in [3.63, 3.8) is 0 Å². The quantitative estimate of drug-likeness (QED) is 0.789. The monoisotopic (exact) mass is 300 g/mol. The van der Waals surface area contributed by atoms with Crippen molar-refractivity contribution < 1.29 is 0 Å².